The first-order valence-electron chi connectivity index (χ1n) is 8.19. The number of benzene rings is 1. The van der Waals surface area contributed by atoms with Gasteiger partial charge in [0.1, 0.15) is 12.4 Å². The quantitative estimate of drug-likeness (QED) is 0.794. The third-order valence-electron chi connectivity index (χ3n) is 4.21. The zero-order chi connectivity index (χ0) is 16.9. The van der Waals surface area contributed by atoms with E-state index in [-0.39, 0.29) is 23.7 Å². The molecule has 5 nitrogen and oxygen atoms in total. The highest BCUT2D eigenvalue weighted by molar-refractivity contribution is 5.86. The summed E-state index contributed by atoms with van der Waals surface area (Å²) < 4.78 is 10.9. The molecule has 1 aromatic carbocycles. The summed E-state index contributed by atoms with van der Waals surface area (Å²) in [4.78, 5) is 12.1. The van der Waals surface area contributed by atoms with Crippen LogP contribution in [0.25, 0.3) is 0 Å². The molecule has 1 fully saturated rings. The number of rotatable bonds is 5. The summed E-state index contributed by atoms with van der Waals surface area (Å²) >= 11 is 0. The number of nitrogens with one attached hydrogen (secondary N) is 1. The highest BCUT2D eigenvalue weighted by Crippen LogP contribution is 2.24. The minimum Gasteiger partial charge on any atom is -0.492 e. The number of ether oxygens (including phenoxy) is 2. The molecule has 136 valence electrons. The lowest BCUT2D eigenvalue weighted by Gasteiger charge is -2.31. The second-order valence-corrected chi connectivity index (χ2v) is 7.15. The maximum absolute atomic E-state index is 12.1. The van der Waals surface area contributed by atoms with Gasteiger partial charge in [0.05, 0.1) is 12.1 Å². The van der Waals surface area contributed by atoms with Crippen molar-refractivity contribution in [1.29, 1.82) is 0 Å². The van der Waals surface area contributed by atoms with E-state index in [2.05, 4.69) is 38.2 Å². The molecule has 1 aliphatic heterocycles. The van der Waals surface area contributed by atoms with Crippen LogP contribution in [-0.4, -0.2) is 37.8 Å². The van der Waals surface area contributed by atoms with Crippen molar-refractivity contribution < 1.29 is 14.3 Å². The predicted octanol–water partition coefficient (Wildman–Crippen LogP) is 2.41. The second kappa shape index (κ2) is 8.70. The molecule has 6 heteroatoms. The van der Waals surface area contributed by atoms with Gasteiger partial charge in [-0.1, -0.05) is 32.9 Å². The summed E-state index contributed by atoms with van der Waals surface area (Å²) in [5.74, 6) is 0.688. The van der Waals surface area contributed by atoms with E-state index in [4.69, 9.17) is 15.2 Å². The fourth-order valence-electron chi connectivity index (χ4n) is 2.52. The molecule has 0 spiro atoms. The lowest BCUT2D eigenvalue weighted by molar-refractivity contribution is -0.129. The molecule has 1 aromatic rings. The number of nitrogens with two attached hydrogens (primary N) is 1. The van der Waals surface area contributed by atoms with E-state index in [9.17, 15) is 4.79 Å². The molecule has 0 aromatic heterocycles. The third-order valence-corrected chi connectivity index (χ3v) is 4.21. The van der Waals surface area contributed by atoms with Crippen LogP contribution in [0.2, 0.25) is 0 Å². The third kappa shape index (κ3) is 5.65. The Kier molecular flexibility index (Phi) is 7.52. The molecule has 0 unspecified atom stereocenters. The van der Waals surface area contributed by atoms with Gasteiger partial charge in [0.25, 0.3) is 0 Å². The van der Waals surface area contributed by atoms with Crippen LogP contribution in [0.5, 0.6) is 5.75 Å². The molecular formula is C18H29ClN2O3. The standard InChI is InChI=1S/C18H28N2O3.ClH/c1-17(2,3)14-4-6-15(7-5-14)23-13-10-20-16(21)18(19)8-11-22-12-9-18;/h4-7H,8-13,19H2,1-3H3,(H,20,21);1H. The van der Waals surface area contributed by atoms with E-state index < -0.39 is 5.54 Å². The van der Waals surface area contributed by atoms with E-state index in [1.165, 1.54) is 5.56 Å². The molecule has 0 bridgehead atoms. The van der Waals surface area contributed by atoms with Gasteiger partial charge < -0.3 is 20.5 Å². The molecule has 0 aliphatic carbocycles. The van der Waals surface area contributed by atoms with Crippen molar-refractivity contribution in [2.75, 3.05) is 26.4 Å². The van der Waals surface area contributed by atoms with Crippen LogP contribution >= 0.6 is 12.4 Å². The Morgan fingerprint density at radius 3 is 2.38 bits per heavy atom. The fraction of sp³-hybridized carbons (Fsp3) is 0.611. The zero-order valence-corrected chi connectivity index (χ0v) is 15.6. The lowest BCUT2D eigenvalue weighted by atomic mass is 9.87. The number of hydrogen-bond donors (Lipinski definition) is 2. The molecule has 0 atom stereocenters. The van der Waals surface area contributed by atoms with Gasteiger partial charge in [0.2, 0.25) is 5.91 Å². The van der Waals surface area contributed by atoms with Crippen LogP contribution in [0.4, 0.5) is 0 Å². The maximum atomic E-state index is 12.1. The van der Waals surface area contributed by atoms with E-state index in [1.54, 1.807) is 0 Å². The number of hydrogen-bond acceptors (Lipinski definition) is 4. The monoisotopic (exact) mass is 356 g/mol. The molecule has 2 rings (SSSR count). The molecule has 0 radical (unpaired) electrons. The summed E-state index contributed by atoms with van der Waals surface area (Å²) in [6, 6.07) is 8.08. The summed E-state index contributed by atoms with van der Waals surface area (Å²) in [7, 11) is 0. The van der Waals surface area contributed by atoms with Crippen molar-refractivity contribution in [3.05, 3.63) is 29.8 Å². The normalized spacial score (nSPS) is 16.8. The molecule has 1 saturated heterocycles. The smallest absolute Gasteiger partial charge is 0.240 e. The van der Waals surface area contributed by atoms with E-state index in [1.807, 2.05) is 12.1 Å². The largest absolute Gasteiger partial charge is 0.492 e. The van der Waals surface area contributed by atoms with Crippen molar-refractivity contribution in [2.24, 2.45) is 5.73 Å². The first-order chi connectivity index (χ1) is 10.8. The van der Waals surface area contributed by atoms with Crippen molar-refractivity contribution in [2.45, 2.75) is 44.6 Å². The molecule has 24 heavy (non-hydrogen) atoms. The summed E-state index contributed by atoms with van der Waals surface area (Å²) in [6.45, 7) is 8.49. The van der Waals surface area contributed by atoms with Crippen molar-refractivity contribution in [1.82, 2.24) is 5.32 Å². The zero-order valence-electron chi connectivity index (χ0n) is 14.8. The number of halogens is 1. The van der Waals surface area contributed by atoms with E-state index >= 15 is 0 Å². The Labute approximate surface area is 150 Å². The lowest BCUT2D eigenvalue weighted by Crippen LogP contribution is -2.57. The SMILES string of the molecule is CC(C)(C)c1ccc(OCCNC(=O)C2(N)CCOCC2)cc1.Cl. The van der Waals surface area contributed by atoms with Crippen LogP contribution in [0.1, 0.15) is 39.2 Å². The predicted molar refractivity (Wildman–Crippen MR) is 97.9 cm³/mol. The van der Waals surface area contributed by atoms with Gasteiger partial charge in [0, 0.05) is 13.2 Å². The van der Waals surface area contributed by atoms with Crippen molar-refractivity contribution in [3.63, 3.8) is 0 Å². The van der Waals surface area contributed by atoms with Crippen LogP contribution in [0.15, 0.2) is 24.3 Å². The summed E-state index contributed by atoms with van der Waals surface area (Å²) in [5, 5.41) is 2.85. The highest BCUT2D eigenvalue weighted by atomic mass is 35.5. The number of carbonyl (C=O) groups is 1. The van der Waals surface area contributed by atoms with E-state index in [0.717, 1.165) is 5.75 Å². The average molecular weight is 357 g/mol. The summed E-state index contributed by atoms with van der Waals surface area (Å²) in [5.41, 5.74) is 6.72. The summed E-state index contributed by atoms with van der Waals surface area (Å²) in [6.07, 6.45) is 1.13. The minimum atomic E-state index is -0.799. The van der Waals surface area contributed by atoms with E-state index in [0.29, 0.717) is 39.2 Å². The van der Waals surface area contributed by atoms with Gasteiger partial charge in [-0.3, -0.25) is 4.79 Å². The molecule has 0 saturated carbocycles. The highest BCUT2D eigenvalue weighted by Gasteiger charge is 2.35. The molecule has 1 heterocycles. The van der Waals surface area contributed by atoms with Crippen LogP contribution in [-0.2, 0) is 14.9 Å². The van der Waals surface area contributed by atoms with Crippen LogP contribution in [0, 0.1) is 0 Å². The van der Waals surface area contributed by atoms with Crippen molar-refractivity contribution in [3.8, 4) is 5.75 Å². The van der Waals surface area contributed by atoms with Gasteiger partial charge in [-0.2, -0.15) is 0 Å². The van der Waals surface area contributed by atoms with Gasteiger partial charge in [-0.25, -0.2) is 0 Å². The second-order valence-electron chi connectivity index (χ2n) is 7.15. The Morgan fingerprint density at radius 2 is 1.83 bits per heavy atom. The van der Waals surface area contributed by atoms with Crippen LogP contribution in [0.3, 0.4) is 0 Å². The van der Waals surface area contributed by atoms with Gasteiger partial charge >= 0.3 is 0 Å². The number of amides is 1. The Hall–Kier alpha value is -1.30. The van der Waals surface area contributed by atoms with Gasteiger partial charge in [-0.15, -0.1) is 12.4 Å². The van der Waals surface area contributed by atoms with Gasteiger partial charge in [-0.05, 0) is 36.0 Å². The minimum absolute atomic E-state index is 0. The maximum Gasteiger partial charge on any atom is 0.240 e. The molecule has 1 amide bonds. The van der Waals surface area contributed by atoms with Crippen LogP contribution < -0.4 is 15.8 Å². The average Bonchev–Trinajstić information content (AvgIpc) is 2.51. The van der Waals surface area contributed by atoms with Crippen molar-refractivity contribution >= 4 is 18.3 Å². The molecular weight excluding hydrogens is 328 g/mol. The first kappa shape index (κ1) is 20.7. The topological polar surface area (TPSA) is 73.6 Å². The Morgan fingerprint density at radius 1 is 1.25 bits per heavy atom. The first-order valence-corrected chi connectivity index (χ1v) is 8.19. The molecule has 1 aliphatic rings. The Bertz CT molecular complexity index is 520. The molecule has 3 N–H and O–H groups in total. The fourth-order valence-corrected chi connectivity index (χ4v) is 2.52. The van der Waals surface area contributed by atoms with Gasteiger partial charge in [0.15, 0.2) is 0 Å². The number of carbonyl (C=O) groups excluding carboxylic acids is 1. The Balaban J connectivity index is 0.00000288.